The third kappa shape index (κ3) is 1.97. The first kappa shape index (κ1) is 11.9. The number of likely N-dealkylation sites (N-methyl/N-ethyl adjacent to an activating group) is 1. The average Bonchev–Trinajstić information content (AvgIpc) is 2.84. The predicted octanol–water partition coefficient (Wildman–Crippen LogP) is 0.429. The van der Waals surface area contributed by atoms with Crippen LogP contribution in [0.5, 0.6) is 0 Å². The van der Waals surface area contributed by atoms with E-state index in [4.69, 9.17) is 5.73 Å². The molecule has 1 aromatic rings. The number of likely N-dealkylation sites (tertiary alicyclic amines) is 1. The van der Waals surface area contributed by atoms with Gasteiger partial charge in [0.05, 0.1) is 0 Å². The van der Waals surface area contributed by atoms with Crippen LogP contribution in [-0.2, 0) is 0 Å². The van der Waals surface area contributed by atoms with Crippen molar-refractivity contribution in [3.8, 4) is 0 Å². The number of nitrogens with zero attached hydrogens (tertiary/aromatic N) is 4. The Bertz CT molecular complexity index is 462. The van der Waals surface area contributed by atoms with Crippen molar-refractivity contribution >= 4 is 22.4 Å². The lowest BCUT2D eigenvalue weighted by Crippen LogP contribution is -2.39. The highest BCUT2D eigenvalue weighted by molar-refractivity contribution is 7.16. The van der Waals surface area contributed by atoms with E-state index in [1.54, 1.807) is 0 Å². The van der Waals surface area contributed by atoms with E-state index in [9.17, 15) is 4.79 Å². The van der Waals surface area contributed by atoms with Crippen molar-refractivity contribution in [2.75, 3.05) is 25.9 Å². The van der Waals surface area contributed by atoms with Gasteiger partial charge in [-0.15, -0.1) is 10.2 Å². The van der Waals surface area contributed by atoms with E-state index < -0.39 is 0 Å². The van der Waals surface area contributed by atoms with E-state index in [1.165, 1.54) is 24.2 Å². The quantitative estimate of drug-likeness (QED) is 0.798. The van der Waals surface area contributed by atoms with Gasteiger partial charge in [-0.1, -0.05) is 11.3 Å². The third-order valence-corrected chi connectivity index (χ3v) is 4.80. The molecule has 6 nitrogen and oxygen atoms in total. The molecule has 2 saturated heterocycles. The molecule has 2 aliphatic heterocycles. The molecule has 2 unspecified atom stereocenters. The highest BCUT2D eigenvalue weighted by atomic mass is 32.1. The molecule has 2 N–H and O–H groups in total. The maximum absolute atomic E-state index is 12.3. The summed E-state index contributed by atoms with van der Waals surface area (Å²) in [5.74, 6) is -0.0230. The first-order valence-electron chi connectivity index (χ1n) is 6.25. The molecule has 0 aromatic carbocycles. The summed E-state index contributed by atoms with van der Waals surface area (Å²) in [6.07, 6.45) is 3.49. The van der Waals surface area contributed by atoms with Crippen molar-refractivity contribution in [3.63, 3.8) is 0 Å². The van der Waals surface area contributed by atoms with Crippen LogP contribution in [0.1, 0.15) is 29.1 Å². The summed E-state index contributed by atoms with van der Waals surface area (Å²) in [6, 6.07) is 1.12. The zero-order valence-corrected chi connectivity index (χ0v) is 11.2. The van der Waals surface area contributed by atoms with Gasteiger partial charge in [0, 0.05) is 25.2 Å². The van der Waals surface area contributed by atoms with Crippen LogP contribution in [0, 0.1) is 0 Å². The third-order valence-electron chi connectivity index (χ3n) is 4.06. The maximum Gasteiger partial charge on any atom is 0.284 e. The smallest absolute Gasteiger partial charge is 0.284 e. The Morgan fingerprint density at radius 3 is 2.83 bits per heavy atom. The fraction of sp³-hybridized carbons (Fsp3) is 0.727. The van der Waals surface area contributed by atoms with Crippen molar-refractivity contribution < 1.29 is 4.79 Å². The molecular formula is C11H17N5OS. The minimum atomic E-state index is -0.0230. The molecule has 0 saturated carbocycles. The summed E-state index contributed by atoms with van der Waals surface area (Å²) in [6.45, 7) is 1.61. The van der Waals surface area contributed by atoms with Crippen LogP contribution >= 0.6 is 11.3 Å². The lowest BCUT2D eigenvalue weighted by molar-refractivity contribution is 0.0739. The molecule has 3 rings (SSSR count). The number of hydrogen-bond acceptors (Lipinski definition) is 6. The largest absolute Gasteiger partial charge is 0.374 e. The van der Waals surface area contributed by atoms with Crippen molar-refractivity contribution in [1.29, 1.82) is 0 Å². The van der Waals surface area contributed by atoms with Gasteiger partial charge >= 0.3 is 0 Å². The van der Waals surface area contributed by atoms with Crippen molar-refractivity contribution in [3.05, 3.63) is 5.01 Å². The van der Waals surface area contributed by atoms with Crippen molar-refractivity contribution in [2.45, 2.75) is 31.3 Å². The van der Waals surface area contributed by atoms with Gasteiger partial charge in [-0.05, 0) is 26.3 Å². The highest BCUT2D eigenvalue weighted by Crippen LogP contribution is 2.29. The van der Waals surface area contributed by atoms with E-state index >= 15 is 0 Å². The van der Waals surface area contributed by atoms with Crippen molar-refractivity contribution in [2.24, 2.45) is 0 Å². The molecule has 3 heterocycles. The van der Waals surface area contributed by atoms with Gasteiger partial charge in [0.15, 0.2) is 0 Å². The zero-order valence-electron chi connectivity index (χ0n) is 10.4. The zero-order chi connectivity index (χ0) is 12.7. The van der Waals surface area contributed by atoms with E-state index in [0.717, 1.165) is 19.5 Å². The minimum absolute atomic E-state index is 0.0230. The van der Waals surface area contributed by atoms with Crippen LogP contribution in [0.4, 0.5) is 5.13 Å². The number of nitrogens with two attached hydrogens (primary N) is 1. The van der Waals surface area contributed by atoms with Gasteiger partial charge in [-0.3, -0.25) is 9.69 Å². The Hall–Kier alpha value is -1.21. The standard InChI is InChI=1S/C11H17N5OS/c1-15-7-2-3-8(15)6-16(5-4-7)10(17)9-13-14-11(12)18-9/h7-8H,2-6H2,1H3,(H2,12,14). The Kier molecular flexibility index (Phi) is 2.95. The summed E-state index contributed by atoms with van der Waals surface area (Å²) in [7, 11) is 2.17. The molecule has 1 aromatic heterocycles. The Balaban J connectivity index is 1.75. The first-order valence-corrected chi connectivity index (χ1v) is 7.07. The number of nitrogen functional groups attached to an aromatic ring is 1. The minimum Gasteiger partial charge on any atom is -0.374 e. The summed E-state index contributed by atoms with van der Waals surface area (Å²) in [4.78, 5) is 16.6. The SMILES string of the molecule is CN1C2CCC1CN(C(=O)c1nnc(N)s1)CC2. The molecule has 7 heteroatoms. The predicted molar refractivity (Wildman–Crippen MR) is 69.4 cm³/mol. The van der Waals surface area contributed by atoms with Gasteiger partial charge in [-0.2, -0.15) is 0 Å². The average molecular weight is 267 g/mol. The topological polar surface area (TPSA) is 75.3 Å². The van der Waals surface area contributed by atoms with Gasteiger partial charge in [0.2, 0.25) is 10.1 Å². The number of fused-ring (bicyclic) bond motifs is 2. The number of carbonyl (C=O) groups excluding carboxylic acids is 1. The number of amides is 1. The van der Waals surface area contributed by atoms with E-state index in [0.29, 0.717) is 22.2 Å². The molecule has 98 valence electrons. The van der Waals surface area contributed by atoms with Gasteiger partial charge < -0.3 is 10.6 Å². The first-order chi connectivity index (χ1) is 8.65. The van der Waals surface area contributed by atoms with Crippen LogP contribution in [0.15, 0.2) is 0 Å². The lowest BCUT2D eigenvalue weighted by Gasteiger charge is -2.24. The maximum atomic E-state index is 12.3. The van der Waals surface area contributed by atoms with Crippen LogP contribution in [-0.4, -0.2) is 58.1 Å². The fourth-order valence-electron chi connectivity index (χ4n) is 2.95. The second kappa shape index (κ2) is 4.47. The van der Waals surface area contributed by atoms with Crippen LogP contribution < -0.4 is 5.73 Å². The van der Waals surface area contributed by atoms with Gasteiger partial charge in [0.25, 0.3) is 5.91 Å². The summed E-state index contributed by atoms with van der Waals surface area (Å²) in [5.41, 5.74) is 5.53. The summed E-state index contributed by atoms with van der Waals surface area (Å²) >= 11 is 1.17. The van der Waals surface area contributed by atoms with Crippen LogP contribution in [0.3, 0.4) is 0 Å². The molecular weight excluding hydrogens is 250 g/mol. The van der Waals surface area contributed by atoms with E-state index in [-0.39, 0.29) is 5.91 Å². The highest BCUT2D eigenvalue weighted by Gasteiger charge is 2.36. The number of aromatic nitrogens is 2. The van der Waals surface area contributed by atoms with Crippen LogP contribution in [0.25, 0.3) is 0 Å². The summed E-state index contributed by atoms with van der Waals surface area (Å²) < 4.78 is 0. The van der Waals surface area contributed by atoms with Gasteiger partial charge in [0.1, 0.15) is 0 Å². The van der Waals surface area contributed by atoms with E-state index in [2.05, 4.69) is 22.1 Å². The summed E-state index contributed by atoms with van der Waals surface area (Å²) in [5, 5.41) is 8.31. The molecule has 2 fully saturated rings. The van der Waals surface area contributed by atoms with Crippen molar-refractivity contribution in [1.82, 2.24) is 20.0 Å². The Morgan fingerprint density at radius 1 is 1.33 bits per heavy atom. The fourth-order valence-corrected chi connectivity index (χ4v) is 3.53. The Morgan fingerprint density at radius 2 is 2.11 bits per heavy atom. The number of rotatable bonds is 1. The Labute approximate surface area is 110 Å². The number of hydrogen-bond donors (Lipinski definition) is 1. The van der Waals surface area contributed by atoms with E-state index in [1.807, 2.05) is 4.90 Å². The monoisotopic (exact) mass is 267 g/mol. The molecule has 1 amide bonds. The number of anilines is 1. The number of carbonyl (C=O) groups is 1. The molecule has 0 aliphatic carbocycles. The lowest BCUT2D eigenvalue weighted by atomic mass is 10.1. The molecule has 2 bridgehead atoms. The molecule has 2 atom stereocenters. The van der Waals surface area contributed by atoms with Gasteiger partial charge in [-0.25, -0.2) is 0 Å². The molecule has 0 spiro atoms. The molecule has 2 aliphatic rings. The second-order valence-corrected chi connectivity index (χ2v) is 6.04. The second-order valence-electron chi connectivity index (χ2n) is 5.04. The normalized spacial score (nSPS) is 28.4. The molecule has 0 radical (unpaired) electrons. The van der Waals surface area contributed by atoms with Crippen LogP contribution in [0.2, 0.25) is 0 Å². The molecule has 18 heavy (non-hydrogen) atoms.